The highest BCUT2D eigenvalue weighted by molar-refractivity contribution is 6.13. The Hall–Kier alpha value is -3.39. The Balaban J connectivity index is 2.25. The predicted octanol–water partition coefficient (Wildman–Crippen LogP) is 2.46. The summed E-state index contributed by atoms with van der Waals surface area (Å²) in [6, 6.07) is 13.1. The van der Waals surface area contributed by atoms with Gasteiger partial charge in [-0.15, -0.1) is 0 Å². The van der Waals surface area contributed by atoms with Crippen LogP contribution in [0.5, 0.6) is 0 Å². The molecule has 0 saturated heterocycles. The Bertz CT molecular complexity index is 1010. The van der Waals surface area contributed by atoms with Crippen molar-refractivity contribution in [3.05, 3.63) is 59.7 Å². The summed E-state index contributed by atoms with van der Waals surface area (Å²) in [6.07, 6.45) is -1.87. The van der Waals surface area contributed by atoms with Crippen LogP contribution in [0.2, 0.25) is 0 Å². The monoisotopic (exact) mass is 426 g/mol. The first-order chi connectivity index (χ1) is 14.8. The molecule has 0 radical (unpaired) electrons. The van der Waals surface area contributed by atoms with E-state index in [1.165, 1.54) is 18.1 Å². The molecule has 0 bridgehead atoms. The summed E-state index contributed by atoms with van der Waals surface area (Å²) >= 11 is 0. The minimum Gasteiger partial charge on any atom is -0.465 e. The van der Waals surface area contributed by atoms with Crippen molar-refractivity contribution in [2.45, 2.75) is 38.5 Å². The maximum atomic E-state index is 13.8. The zero-order valence-corrected chi connectivity index (χ0v) is 17.9. The Kier molecular flexibility index (Phi) is 6.31. The van der Waals surface area contributed by atoms with Gasteiger partial charge in [0.05, 0.1) is 25.0 Å². The number of rotatable bonds is 7. The highest BCUT2D eigenvalue weighted by Crippen LogP contribution is 2.46. The van der Waals surface area contributed by atoms with Crippen LogP contribution >= 0.6 is 0 Å². The second-order valence-corrected chi connectivity index (χ2v) is 7.41. The number of hydrogen-bond acceptors (Lipinski definition) is 7. The number of methoxy groups -OCH3 is 1. The Morgan fingerprint density at radius 1 is 1.13 bits per heavy atom. The first-order valence-corrected chi connectivity index (χ1v) is 10.0. The third kappa shape index (κ3) is 3.63. The van der Waals surface area contributed by atoms with E-state index in [-0.39, 0.29) is 23.9 Å². The molecule has 8 nitrogen and oxygen atoms in total. The minimum absolute atomic E-state index is 0.0362. The van der Waals surface area contributed by atoms with Crippen LogP contribution in [0.4, 0.5) is 11.4 Å². The smallest absolute Gasteiger partial charge is 0.339 e. The number of ether oxygens (including phenoxy) is 2. The third-order valence-electron chi connectivity index (χ3n) is 5.25. The van der Waals surface area contributed by atoms with Gasteiger partial charge in [-0.1, -0.05) is 30.3 Å². The predicted molar refractivity (Wildman–Crippen MR) is 115 cm³/mol. The van der Waals surface area contributed by atoms with Crippen LogP contribution in [0, 0.1) is 0 Å². The van der Waals surface area contributed by atoms with Gasteiger partial charge in [0.2, 0.25) is 0 Å². The number of amides is 1. The van der Waals surface area contributed by atoms with E-state index in [1.807, 2.05) is 13.8 Å². The summed E-state index contributed by atoms with van der Waals surface area (Å²) in [7, 11) is 1.25. The van der Waals surface area contributed by atoms with Gasteiger partial charge in [-0.25, -0.2) is 9.59 Å². The van der Waals surface area contributed by atoms with Crippen LogP contribution in [-0.4, -0.2) is 48.8 Å². The van der Waals surface area contributed by atoms with Crippen LogP contribution in [0.1, 0.15) is 36.7 Å². The maximum absolute atomic E-state index is 13.8. The summed E-state index contributed by atoms with van der Waals surface area (Å²) < 4.78 is 9.89. The second kappa shape index (κ2) is 8.77. The number of hydrogen-bond donors (Lipinski definition) is 2. The zero-order chi connectivity index (χ0) is 22.8. The molecule has 2 N–H and O–H groups in total. The topological polar surface area (TPSA) is 105 Å². The van der Waals surface area contributed by atoms with E-state index in [1.54, 1.807) is 49.4 Å². The quantitative estimate of drug-likeness (QED) is 0.655. The summed E-state index contributed by atoms with van der Waals surface area (Å²) in [5, 5.41) is 14.2. The number of para-hydroxylation sites is 2. The molecular formula is C23H26N2O6. The van der Waals surface area contributed by atoms with Crippen LogP contribution in [0.15, 0.2) is 48.5 Å². The molecular weight excluding hydrogens is 400 g/mol. The Morgan fingerprint density at radius 2 is 1.77 bits per heavy atom. The van der Waals surface area contributed by atoms with E-state index in [4.69, 9.17) is 9.47 Å². The van der Waals surface area contributed by atoms with Crippen LogP contribution in [-0.2, 0) is 24.6 Å². The molecule has 2 aromatic carbocycles. The van der Waals surface area contributed by atoms with E-state index in [0.717, 1.165) is 0 Å². The van der Waals surface area contributed by atoms with Crippen molar-refractivity contribution in [3.63, 3.8) is 0 Å². The molecule has 1 aliphatic rings. The van der Waals surface area contributed by atoms with Gasteiger partial charge in [0.25, 0.3) is 5.91 Å². The van der Waals surface area contributed by atoms with Crippen molar-refractivity contribution in [1.82, 2.24) is 0 Å². The third-order valence-corrected chi connectivity index (χ3v) is 5.25. The summed E-state index contributed by atoms with van der Waals surface area (Å²) in [4.78, 5) is 40.3. The minimum atomic E-state index is -1.89. The SMILES string of the molecule is CCOC(=O)C(O)C1(Nc2ccccc2C(=O)OC)C(=O)N(C(C)C)c2ccccc21. The fourth-order valence-corrected chi connectivity index (χ4v) is 3.89. The molecule has 0 aromatic heterocycles. The van der Waals surface area contributed by atoms with Gasteiger partial charge in [0, 0.05) is 17.3 Å². The lowest BCUT2D eigenvalue weighted by atomic mass is 9.84. The van der Waals surface area contributed by atoms with Crippen LogP contribution in [0.3, 0.4) is 0 Å². The number of anilines is 2. The zero-order valence-electron chi connectivity index (χ0n) is 17.9. The lowest BCUT2D eigenvalue weighted by Crippen LogP contribution is -2.58. The van der Waals surface area contributed by atoms with Gasteiger partial charge in [-0.2, -0.15) is 0 Å². The summed E-state index contributed by atoms with van der Waals surface area (Å²) in [5.41, 5.74) is -0.514. The van der Waals surface area contributed by atoms with Gasteiger partial charge < -0.3 is 24.8 Å². The highest BCUT2D eigenvalue weighted by atomic mass is 16.5. The maximum Gasteiger partial charge on any atom is 0.339 e. The Morgan fingerprint density at radius 3 is 2.42 bits per heavy atom. The average molecular weight is 426 g/mol. The molecule has 0 spiro atoms. The second-order valence-electron chi connectivity index (χ2n) is 7.41. The average Bonchev–Trinajstić information content (AvgIpc) is 3.02. The van der Waals surface area contributed by atoms with Crippen molar-refractivity contribution < 1.29 is 29.0 Å². The van der Waals surface area contributed by atoms with Gasteiger partial charge in [-0.05, 0) is 39.0 Å². The molecule has 31 heavy (non-hydrogen) atoms. The van der Waals surface area contributed by atoms with Crippen molar-refractivity contribution in [2.75, 3.05) is 23.9 Å². The number of nitrogens with one attached hydrogen (secondary N) is 1. The number of carbonyl (C=O) groups is 3. The number of aliphatic hydroxyl groups excluding tert-OH is 1. The standard InChI is InChI=1S/C23H26N2O6/c1-5-31-21(28)19(26)23(24-17-12-8-6-10-15(17)20(27)30-4)16-11-7-9-13-18(16)25(14(2)3)22(23)29/h6-14,19,24,26H,5H2,1-4H3. The first kappa shape index (κ1) is 22.3. The van der Waals surface area contributed by atoms with E-state index >= 15 is 0 Å². The van der Waals surface area contributed by atoms with Crippen LogP contribution < -0.4 is 10.2 Å². The lowest BCUT2D eigenvalue weighted by Gasteiger charge is -2.35. The molecule has 1 amide bonds. The molecule has 0 saturated carbocycles. The molecule has 2 atom stereocenters. The lowest BCUT2D eigenvalue weighted by molar-refractivity contribution is -0.159. The van der Waals surface area contributed by atoms with Crippen molar-refractivity contribution in [2.24, 2.45) is 0 Å². The number of carbonyl (C=O) groups excluding carboxylic acids is 3. The first-order valence-electron chi connectivity index (χ1n) is 10.0. The fourth-order valence-electron chi connectivity index (χ4n) is 3.89. The number of fused-ring (bicyclic) bond motifs is 1. The van der Waals surface area contributed by atoms with Crippen molar-refractivity contribution >= 4 is 29.2 Å². The van der Waals surface area contributed by atoms with Gasteiger partial charge in [-0.3, -0.25) is 4.79 Å². The molecule has 0 fully saturated rings. The highest BCUT2D eigenvalue weighted by Gasteiger charge is 2.59. The van der Waals surface area contributed by atoms with Gasteiger partial charge in [0.15, 0.2) is 11.6 Å². The van der Waals surface area contributed by atoms with E-state index in [2.05, 4.69) is 5.32 Å². The van der Waals surface area contributed by atoms with Crippen molar-refractivity contribution in [1.29, 1.82) is 0 Å². The summed E-state index contributed by atoms with van der Waals surface area (Å²) in [5.74, 6) is -2.09. The molecule has 8 heteroatoms. The number of aliphatic hydroxyl groups is 1. The van der Waals surface area contributed by atoms with E-state index < -0.39 is 29.5 Å². The van der Waals surface area contributed by atoms with Crippen LogP contribution in [0.25, 0.3) is 0 Å². The van der Waals surface area contributed by atoms with Gasteiger partial charge in [0.1, 0.15) is 0 Å². The number of benzene rings is 2. The fraction of sp³-hybridized carbons (Fsp3) is 0.348. The Labute approximate surface area is 180 Å². The molecule has 1 aliphatic heterocycles. The summed E-state index contributed by atoms with van der Waals surface area (Å²) in [6.45, 7) is 5.32. The molecule has 0 aliphatic carbocycles. The van der Waals surface area contributed by atoms with Gasteiger partial charge >= 0.3 is 11.9 Å². The molecule has 164 valence electrons. The molecule has 3 rings (SSSR count). The number of esters is 2. The van der Waals surface area contributed by atoms with E-state index in [9.17, 15) is 19.5 Å². The number of nitrogens with zero attached hydrogens (tertiary/aromatic N) is 1. The molecule has 1 heterocycles. The normalized spacial score (nSPS) is 18.5. The van der Waals surface area contributed by atoms with Crippen molar-refractivity contribution in [3.8, 4) is 0 Å². The molecule has 2 aromatic rings. The van der Waals surface area contributed by atoms with E-state index in [0.29, 0.717) is 11.3 Å². The largest absolute Gasteiger partial charge is 0.465 e. The molecule has 2 unspecified atom stereocenters.